The molecule has 8 heteroatoms. The van der Waals surface area contributed by atoms with E-state index in [1.807, 2.05) is 20.8 Å². The number of anilines is 1. The molecule has 1 saturated heterocycles. The van der Waals surface area contributed by atoms with Crippen molar-refractivity contribution in [3.63, 3.8) is 0 Å². The largest absolute Gasteiger partial charge is 0.451 e. The Hall–Kier alpha value is -2.74. The van der Waals surface area contributed by atoms with Gasteiger partial charge < -0.3 is 20.3 Å². The lowest BCUT2D eigenvalue weighted by Gasteiger charge is -2.26. The summed E-state index contributed by atoms with van der Waals surface area (Å²) < 4.78 is 19.9. The topological polar surface area (TPSA) is 79.4 Å². The Labute approximate surface area is 170 Å². The molecule has 3 rings (SSSR count). The summed E-state index contributed by atoms with van der Waals surface area (Å²) in [6.07, 6.45) is 4.09. The van der Waals surface area contributed by atoms with E-state index in [4.69, 9.17) is 4.74 Å². The lowest BCUT2D eigenvalue weighted by Crippen LogP contribution is -2.36. The maximum Gasteiger partial charge on any atom is 0.257 e. The normalized spacial score (nSPS) is 16.1. The van der Waals surface area contributed by atoms with E-state index in [1.54, 1.807) is 11.1 Å². The first-order chi connectivity index (χ1) is 14.0. The fourth-order valence-corrected chi connectivity index (χ4v) is 3.43. The third kappa shape index (κ3) is 5.20. The molecule has 1 atom stereocenters. The number of hydrogen-bond acceptors (Lipinski definition) is 6. The summed E-state index contributed by atoms with van der Waals surface area (Å²) in [4.78, 5) is 23.0. The van der Waals surface area contributed by atoms with Crippen LogP contribution in [0.15, 0.2) is 30.7 Å². The van der Waals surface area contributed by atoms with Gasteiger partial charge in [-0.05, 0) is 64.4 Å². The minimum Gasteiger partial charge on any atom is -0.451 e. The number of aromatic nitrogens is 2. The Kier molecular flexibility index (Phi) is 6.98. The minimum absolute atomic E-state index is 0.0130. The van der Waals surface area contributed by atoms with E-state index in [-0.39, 0.29) is 23.3 Å². The first kappa shape index (κ1) is 21.0. The highest BCUT2D eigenvalue weighted by molar-refractivity contribution is 5.97. The van der Waals surface area contributed by atoms with Crippen LogP contribution in [0.25, 0.3) is 0 Å². The van der Waals surface area contributed by atoms with E-state index >= 15 is 0 Å². The second-order valence-electron chi connectivity index (χ2n) is 7.40. The lowest BCUT2D eigenvalue weighted by molar-refractivity contribution is 0.0713. The monoisotopic (exact) mass is 401 g/mol. The minimum atomic E-state index is -0.489. The number of halogens is 1. The first-order valence-corrected chi connectivity index (χ1v) is 10.0. The van der Waals surface area contributed by atoms with Gasteiger partial charge in [0.05, 0.1) is 11.8 Å². The van der Waals surface area contributed by atoms with Crippen LogP contribution >= 0.6 is 0 Å². The summed E-state index contributed by atoms with van der Waals surface area (Å²) in [5, 5.41) is 6.63. The smallest absolute Gasteiger partial charge is 0.257 e. The number of carbonyl (C=O) groups is 1. The number of nitrogens with one attached hydrogen (secondary N) is 2. The highest BCUT2D eigenvalue weighted by Gasteiger charge is 2.23. The Balaban J connectivity index is 1.84. The van der Waals surface area contributed by atoms with Crippen molar-refractivity contribution in [1.29, 1.82) is 0 Å². The van der Waals surface area contributed by atoms with Crippen LogP contribution in [0, 0.1) is 11.7 Å². The summed E-state index contributed by atoms with van der Waals surface area (Å²) in [5.41, 5.74) is 0.176. The van der Waals surface area contributed by atoms with Gasteiger partial charge in [-0.25, -0.2) is 14.4 Å². The van der Waals surface area contributed by atoms with Crippen LogP contribution in [0.5, 0.6) is 11.5 Å². The molecule has 0 unspecified atom stereocenters. The molecule has 1 fully saturated rings. The maximum atomic E-state index is 13.9. The second kappa shape index (κ2) is 9.65. The molecule has 7 nitrogen and oxygen atoms in total. The number of ether oxygens (including phenoxy) is 1. The molecular weight excluding hydrogens is 373 g/mol. The lowest BCUT2D eigenvalue weighted by atomic mass is 10.1. The molecule has 156 valence electrons. The van der Waals surface area contributed by atoms with Crippen molar-refractivity contribution < 1.29 is 13.9 Å². The average Bonchev–Trinajstić information content (AvgIpc) is 3.22. The molecule has 29 heavy (non-hydrogen) atoms. The molecule has 0 aliphatic carbocycles. The number of rotatable bonds is 8. The second-order valence-corrected chi connectivity index (χ2v) is 7.40. The summed E-state index contributed by atoms with van der Waals surface area (Å²) in [7, 11) is 0. The predicted octanol–water partition coefficient (Wildman–Crippen LogP) is 3.30. The standard InChI is InChI=1S/C21H28FN5O2/c1-4-27(14(2)3)21(28)17-9-16(22)5-6-18(17)29-19-12-24-13-26-20(19)25-11-15-7-8-23-10-15/h5-6,9,12-15,23H,4,7-8,10-11H2,1-3H3,(H,24,25,26)/t15-/m1/s1. The van der Waals surface area contributed by atoms with Crippen LogP contribution in [-0.4, -0.2) is 53.0 Å². The van der Waals surface area contributed by atoms with Gasteiger partial charge in [0, 0.05) is 19.1 Å². The third-order valence-corrected chi connectivity index (χ3v) is 5.02. The highest BCUT2D eigenvalue weighted by Crippen LogP contribution is 2.31. The van der Waals surface area contributed by atoms with Crippen LogP contribution in [0.4, 0.5) is 10.2 Å². The molecule has 0 spiro atoms. The quantitative estimate of drug-likeness (QED) is 0.707. The third-order valence-electron chi connectivity index (χ3n) is 5.02. The van der Waals surface area contributed by atoms with Gasteiger partial charge in [0.25, 0.3) is 5.91 Å². The molecule has 2 aromatic rings. The van der Waals surface area contributed by atoms with Gasteiger partial charge in [0.1, 0.15) is 17.9 Å². The van der Waals surface area contributed by atoms with Gasteiger partial charge in [-0.1, -0.05) is 0 Å². The zero-order valence-electron chi connectivity index (χ0n) is 17.1. The fourth-order valence-electron chi connectivity index (χ4n) is 3.43. The maximum absolute atomic E-state index is 13.9. The van der Waals surface area contributed by atoms with Crippen LogP contribution in [0.1, 0.15) is 37.6 Å². The molecule has 1 aliphatic heterocycles. The van der Waals surface area contributed by atoms with E-state index in [0.29, 0.717) is 24.0 Å². The van der Waals surface area contributed by atoms with Gasteiger partial charge in [-0.3, -0.25) is 4.79 Å². The summed E-state index contributed by atoms with van der Waals surface area (Å²) in [6, 6.07) is 3.94. The molecule has 2 heterocycles. The Morgan fingerprint density at radius 1 is 1.41 bits per heavy atom. The molecular formula is C21H28FN5O2. The molecule has 1 aromatic carbocycles. The first-order valence-electron chi connectivity index (χ1n) is 10.0. The van der Waals surface area contributed by atoms with Crippen LogP contribution in [-0.2, 0) is 0 Å². The van der Waals surface area contributed by atoms with Crippen molar-refractivity contribution >= 4 is 11.7 Å². The SMILES string of the molecule is CCN(C(=O)c1cc(F)ccc1Oc1cncnc1NC[C@@H]1CCNC1)C(C)C. The number of hydrogen-bond donors (Lipinski definition) is 2. The van der Waals surface area contributed by atoms with E-state index in [0.717, 1.165) is 26.1 Å². The Morgan fingerprint density at radius 2 is 2.24 bits per heavy atom. The van der Waals surface area contributed by atoms with E-state index in [1.165, 1.54) is 24.5 Å². The molecule has 0 saturated carbocycles. The highest BCUT2D eigenvalue weighted by atomic mass is 19.1. The van der Waals surface area contributed by atoms with Crippen molar-refractivity contribution in [2.75, 3.05) is 31.5 Å². The van der Waals surface area contributed by atoms with Gasteiger partial charge >= 0.3 is 0 Å². The summed E-state index contributed by atoms with van der Waals surface area (Å²) in [5.74, 6) is 0.968. The number of benzene rings is 1. The van der Waals surface area contributed by atoms with Crippen molar-refractivity contribution in [2.24, 2.45) is 5.92 Å². The van der Waals surface area contributed by atoms with Gasteiger partial charge in [0.2, 0.25) is 0 Å². The number of nitrogens with zero attached hydrogens (tertiary/aromatic N) is 3. The zero-order chi connectivity index (χ0) is 20.8. The molecule has 2 N–H and O–H groups in total. The zero-order valence-corrected chi connectivity index (χ0v) is 17.1. The average molecular weight is 401 g/mol. The fraction of sp³-hybridized carbons (Fsp3) is 0.476. The van der Waals surface area contributed by atoms with E-state index < -0.39 is 5.82 Å². The molecule has 1 amide bonds. The number of amides is 1. The van der Waals surface area contributed by atoms with Crippen molar-refractivity contribution in [1.82, 2.24) is 20.2 Å². The Bertz CT molecular complexity index is 840. The van der Waals surface area contributed by atoms with Gasteiger partial charge in [-0.15, -0.1) is 0 Å². The molecule has 0 bridgehead atoms. The van der Waals surface area contributed by atoms with Gasteiger partial charge in [0.15, 0.2) is 11.6 Å². The molecule has 1 aliphatic rings. The van der Waals surface area contributed by atoms with Crippen molar-refractivity contribution in [2.45, 2.75) is 33.2 Å². The van der Waals surface area contributed by atoms with E-state index in [2.05, 4.69) is 20.6 Å². The summed E-state index contributed by atoms with van der Waals surface area (Å²) >= 11 is 0. The van der Waals surface area contributed by atoms with Crippen LogP contribution < -0.4 is 15.4 Å². The van der Waals surface area contributed by atoms with Crippen molar-refractivity contribution in [3.05, 3.63) is 42.1 Å². The number of carbonyl (C=O) groups excluding carboxylic acids is 1. The predicted molar refractivity (Wildman–Crippen MR) is 110 cm³/mol. The molecule has 1 aromatic heterocycles. The summed E-state index contributed by atoms with van der Waals surface area (Å²) in [6.45, 7) is 8.99. The molecule has 0 radical (unpaired) electrons. The van der Waals surface area contributed by atoms with Crippen molar-refractivity contribution in [3.8, 4) is 11.5 Å². The van der Waals surface area contributed by atoms with Crippen LogP contribution in [0.3, 0.4) is 0 Å². The van der Waals surface area contributed by atoms with E-state index in [9.17, 15) is 9.18 Å². The van der Waals surface area contributed by atoms with Gasteiger partial charge in [-0.2, -0.15) is 0 Å². The Morgan fingerprint density at radius 3 is 2.93 bits per heavy atom. The van der Waals surface area contributed by atoms with Crippen LogP contribution in [0.2, 0.25) is 0 Å².